The monoisotopic (exact) mass is 352 g/mol. The van der Waals surface area contributed by atoms with E-state index in [1.54, 1.807) is 0 Å². The van der Waals surface area contributed by atoms with Crippen molar-refractivity contribution >= 4 is 12.1 Å². The van der Waals surface area contributed by atoms with Crippen LogP contribution < -0.4 is 0 Å². The second kappa shape index (κ2) is 6.76. The highest BCUT2D eigenvalue weighted by atomic mass is 16.6. The zero-order valence-electron chi connectivity index (χ0n) is 15.1. The summed E-state index contributed by atoms with van der Waals surface area (Å²) in [7, 11) is 0. The van der Waals surface area contributed by atoms with E-state index in [4.69, 9.17) is 14.2 Å². The molecule has 1 aliphatic carbocycles. The van der Waals surface area contributed by atoms with Crippen LogP contribution in [0, 0.1) is 17.8 Å². The number of fused-ring (bicyclic) bond motifs is 3. The summed E-state index contributed by atoms with van der Waals surface area (Å²) < 4.78 is 16.1. The van der Waals surface area contributed by atoms with Crippen molar-refractivity contribution in [2.24, 2.45) is 17.8 Å². The first-order chi connectivity index (χ1) is 12.1. The van der Waals surface area contributed by atoms with Gasteiger partial charge in [0.05, 0.1) is 44.4 Å². The van der Waals surface area contributed by atoms with Crippen LogP contribution in [-0.2, 0) is 19.0 Å². The van der Waals surface area contributed by atoms with Gasteiger partial charge in [0.1, 0.15) is 0 Å². The zero-order chi connectivity index (χ0) is 17.6. The van der Waals surface area contributed by atoms with Crippen LogP contribution in [0.4, 0.5) is 4.79 Å². The van der Waals surface area contributed by atoms with Crippen LogP contribution in [0.5, 0.6) is 0 Å². The number of esters is 1. The minimum atomic E-state index is -0.203. The van der Waals surface area contributed by atoms with Crippen LogP contribution in [0.1, 0.15) is 26.7 Å². The van der Waals surface area contributed by atoms with Gasteiger partial charge in [0.15, 0.2) is 0 Å². The molecule has 0 aromatic rings. The number of carbonyl (C=O) groups is 2. The number of amides is 1. The number of nitrogens with zero attached hydrogens (tertiary/aromatic N) is 2. The molecule has 4 fully saturated rings. The lowest BCUT2D eigenvalue weighted by Gasteiger charge is -2.49. The molecular weight excluding hydrogens is 324 g/mol. The molecule has 4 rings (SSSR count). The van der Waals surface area contributed by atoms with Crippen molar-refractivity contribution in [2.75, 3.05) is 39.5 Å². The molecule has 1 amide bonds. The molecule has 7 nitrogen and oxygen atoms in total. The number of carbonyl (C=O) groups excluding carboxylic acids is 2. The number of morpholine rings is 1. The molecule has 0 radical (unpaired) electrons. The summed E-state index contributed by atoms with van der Waals surface area (Å²) in [5.41, 5.74) is 0. The highest BCUT2D eigenvalue weighted by Crippen LogP contribution is 2.53. The molecule has 3 saturated heterocycles. The van der Waals surface area contributed by atoms with Crippen molar-refractivity contribution in [3.63, 3.8) is 0 Å². The third kappa shape index (κ3) is 3.01. The lowest BCUT2D eigenvalue weighted by atomic mass is 9.89. The molecule has 1 saturated carbocycles. The fraction of sp³-hybridized carbons (Fsp3) is 0.889. The molecule has 2 bridgehead atoms. The van der Waals surface area contributed by atoms with E-state index in [9.17, 15) is 9.59 Å². The minimum absolute atomic E-state index is 0.0143. The van der Waals surface area contributed by atoms with Crippen molar-refractivity contribution < 1.29 is 23.8 Å². The number of rotatable bonds is 4. The topological polar surface area (TPSA) is 68.3 Å². The molecule has 0 N–H and O–H groups in total. The van der Waals surface area contributed by atoms with Gasteiger partial charge in [-0.25, -0.2) is 4.79 Å². The number of likely N-dealkylation sites (tertiary alicyclic amines) is 1. The molecule has 140 valence electrons. The Morgan fingerprint density at radius 3 is 2.12 bits per heavy atom. The number of piperidine rings is 2. The van der Waals surface area contributed by atoms with Crippen LogP contribution in [0.3, 0.4) is 0 Å². The van der Waals surface area contributed by atoms with Crippen LogP contribution in [0.25, 0.3) is 0 Å². The summed E-state index contributed by atoms with van der Waals surface area (Å²) in [5.74, 6) is 1.05. The first kappa shape index (κ1) is 17.1. The molecule has 0 aromatic heterocycles. The molecule has 25 heavy (non-hydrogen) atoms. The minimum Gasteiger partial charge on any atom is -0.466 e. The Kier molecular flexibility index (Phi) is 4.62. The van der Waals surface area contributed by atoms with Gasteiger partial charge in [0.25, 0.3) is 0 Å². The molecule has 3 heterocycles. The van der Waals surface area contributed by atoms with Gasteiger partial charge in [-0.15, -0.1) is 0 Å². The summed E-state index contributed by atoms with van der Waals surface area (Å²) in [6.45, 7) is 7.73. The lowest BCUT2D eigenvalue weighted by molar-refractivity contribution is -0.146. The lowest BCUT2D eigenvalue weighted by Crippen LogP contribution is -2.62. The Morgan fingerprint density at radius 2 is 1.56 bits per heavy atom. The average molecular weight is 352 g/mol. The van der Waals surface area contributed by atoms with E-state index in [0.29, 0.717) is 44.3 Å². The summed E-state index contributed by atoms with van der Waals surface area (Å²) in [6.07, 6.45) is 1.66. The molecule has 3 aliphatic heterocycles. The average Bonchev–Trinajstić information content (AvgIpc) is 3.08. The standard InChI is InChI=1S/C18H28N2O5/c1-3-24-17(21)16-14-7-19(8-15(14)16)11-5-12-9-23-10-13(6-11)20(12)18(22)25-4-2/h11-16H,3-10H2,1-2H3. The Hall–Kier alpha value is -1.34. The van der Waals surface area contributed by atoms with E-state index in [1.165, 1.54) is 0 Å². The number of hydrogen-bond donors (Lipinski definition) is 0. The van der Waals surface area contributed by atoms with E-state index < -0.39 is 0 Å². The fourth-order valence-corrected chi connectivity index (χ4v) is 5.13. The van der Waals surface area contributed by atoms with Crippen LogP contribution >= 0.6 is 0 Å². The highest BCUT2D eigenvalue weighted by Gasteiger charge is 2.61. The third-order valence-corrected chi connectivity index (χ3v) is 6.27. The largest absolute Gasteiger partial charge is 0.466 e. The van der Waals surface area contributed by atoms with Gasteiger partial charge in [-0.1, -0.05) is 0 Å². The van der Waals surface area contributed by atoms with E-state index in [2.05, 4.69) is 4.90 Å². The molecular formula is C18H28N2O5. The summed E-state index contributed by atoms with van der Waals surface area (Å²) >= 11 is 0. The first-order valence-corrected chi connectivity index (χ1v) is 9.57. The molecule has 4 unspecified atom stereocenters. The second-order valence-electron chi connectivity index (χ2n) is 7.64. The molecule has 0 spiro atoms. The molecule has 0 aromatic carbocycles. The Morgan fingerprint density at radius 1 is 0.960 bits per heavy atom. The van der Waals surface area contributed by atoms with E-state index >= 15 is 0 Å². The maximum Gasteiger partial charge on any atom is 0.410 e. The number of ether oxygens (including phenoxy) is 3. The third-order valence-electron chi connectivity index (χ3n) is 6.27. The van der Waals surface area contributed by atoms with Gasteiger partial charge < -0.3 is 14.2 Å². The van der Waals surface area contributed by atoms with Crippen molar-refractivity contribution in [1.29, 1.82) is 0 Å². The van der Waals surface area contributed by atoms with Crippen LogP contribution in [-0.4, -0.2) is 79.5 Å². The Labute approximate surface area is 148 Å². The molecule has 4 atom stereocenters. The SMILES string of the molecule is CCOC(=O)C1C2CN(C3CC4COCC(C3)N4C(=O)OCC)CC21. The van der Waals surface area contributed by atoms with E-state index in [-0.39, 0.29) is 30.1 Å². The predicted molar refractivity (Wildman–Crippen MR) is 89.0 cm³/mol. The van der Waals surface area contributed by atoms with Gasteiger partial charge in [-0.05, 0) is 38.5 Å². The Bertz CT molecular complexity index is 516. The number of hydrogen-bond acceptors (Lipinski definition) is 6. The normalized spacial score (nSPS) is 39.7. The van der Waals surface area contributed by atoms with E-state index in [1.807, 2.05) is 18.7 Å². The van der Waals surface area contributed by atoms with Crippen LogP contribution in [0.15, 0.2) is 0 Å². The van der Waals surface area contributed by atoms with Gasteiger partial charge in [-0.2, -0.15) is 0 Å². The highest BCUT2D eigenvalue weighted by molar-refractivity contribution is 5.77. The molecule has 4 aliphatic rings. The second-order valence-corrected chi connectivity index (χ2v) is 7.64. The zero-order valence-corrected chi connectivity index (χ0v) is 15.1. The van der Waals surface area contributed by atoms with Crippen molar-refractivity contribution in [3.8, 4) is 0 Å². The van der Waals surface area contributed by atoms with Crippen molar-refractivity contribution in [2.45, 2.75) is 44.8 Å². The van der Waals surface area contributed by atoms with Crippen LogP contribution in [0.2, 0.25) is 0 Å². The summed E-state index contributed by atoms with van der Waals surface area (Å²) in [4.78, 5) is 28.6. The smallest absolute Gasteiger partial charge is 0.410 e. The van der Waals surface area contributed by atoms with Crippen molar-refractivity contribution in [3.05, 3.63) is 0 Å². The first-order valence-electron chi connectivity index (χ1n) is 9.57. The maximum absolute atomic E-state index is 12.3. The Balaban J connectivity index is 1.35. The van der Waals surface area contributed by atoms with Gasteiger partial charge in [-0.3, -0.25) is 14.6 Å². The van der Waals surface area contributed by atoms with Crippen molar-refractivity contribution in [1.82, 2.24) is 9.80 Å². The van der Waals surface area contributed by atoms with Gasteiger partial charge >= 0.3 is 12.1 Å². The predicted octanol–water partition coefficient (Wildman–Crippen LogP) is 1.12. The van der Waals surface area contributed by atoms with Gasteiger partial charge in [0.2, 0.25) is 0 Å². The van der Waals surface area contributed by atoms with E-state index in [0.717, 1.165) is 25.9 Å². The maximum atomic E-state index is 12.3. The molecule has 7 heteroatoms. The quantitative estimate of drug-likeness (QED) is 0.706. The summed E-state index contributed by atoms with van der Waals surface area (Å²) in [6, 6.07) is 0.684. The van der Waals surface area contributed by atoms with Gasteiger partial charge in [0, 0.05) is 19.1 Å². The summed E-state index contributed by atoms with van der Waals surface area (Å²) in [5, 5.41) is 0. The fourth-order valence-electron chi connectivity index (χ4n) is 5.13.